The lowest BCUT2D eigenvalue weighted by Gasteiger charge is -2.38. The van der Waals surface area contributed by atoms with Gasteiger partial charge in [-0.15, -0.1) is 24.0 Å². The van der Waals surface area contributed by atoms with Gasteiger partial charge < -0.3 is 19.6 Å². The Morgan fingerprint density at radius 1 is 1.18 bits per heavy atom. The Balaban J connectivity index is 0.00000280. The fourth-order valence-electron chi connectivity index (χ4n) is 3.36. The van der Waals surface area contributed by atoms with E-state index < -0.39 is 0 Å². The van der Waals surface area contributed by atoms with Crippen molar-refractivity contribution in [1.82, 2.24) is 20.4 Å². The summed E-state index contributed by atoms with van der Waals surface area (Å²) in [6.45, 7) is 13.7. The third-order valence-corrected chi connectivity index (χ3v) is 4.99. The van der Waals surface area contributed by atoms with Crippen LogP contribution >= 0.6 is 24.0 Å². The van der Waals surface area contributed by atoms with E-state index in [1.54, 1.807) is 0 Å². The Bertz CT molecular complexity index is 783. The van der Waals surface area contributed by atoms with Crippen molar-refractivity contribution < 1.29 is 4.52 Å². The monoisotopic (exact) mass is 498 g/mol. The van der Waals surface area contributed by atoms with E-state index in [1.807, 2.05) is 6.92 Å². The molecule has 28 heavy (non-hydrogen) atoms. The minimum atomic E-state index is 0. The van der Waals surface area contributed by atoms with Crippen molar-refractivity contribution in [1.29, 1.82) is 0 Å². The number of aliphatic imine (C=N–C) groups is 1. The predicted octanol–water partition coefficient (Wildman–Crippen LogP) is 2.94. The molecule has 7 nitrogen and oxygen atoms in total. The highest BCUT2D eigenvalue weighted by molar-refractivity contribution is 14.0. The molecule has 0 bridgehead atoms. The summed E-state index contributed by atoms with van der Waals surface area (Å²) in [4.78, 5) is 13.8. The minimum absolute atomic E-state index is 0. The number of aryl methyl sites for hydroxylation is 2. The van der Waals surface area contributed by atoms with Gasteiger partial charge in [-0.3, -0.25) is 4.99 Å². The van der Waals surface area contributed by atoms with Crippen molar-refractivity contribution in [2.75, 3.05) is 44.2 Å². The molecule has 1 fully saturated rings. The Morgan fingerprint density at radius 2 is 1.93 bits per heavy atom. The lowest BCUT2D eigenvalue weighted by molar-refractivity contribution is 0.368. The first kappa shape index (κ1) is 22.4. The van der Waals surface area contributed by atoms with Gasteiger partial charge in [0.15, 0.2) is 11.8 Å². The molecule has 1 aliphatic heterocycles. The second kappa shape index (κ2) is 10.6. The smallest absolute Gasteiger partial charge is 0.228 e. The van der Waals surface area contributed by atoms with Crippen LogP contribution in [0.2, 0.25) is 0 Å². The molecular formula is C20H31IN6O. The van der Waals surface area contributed by atoms with Crippen molar-refractivity contribution in [2.24, 2.45) is 4.99 Å². The summed E-state index contributed by atoms with van der Waals surface area (Å²) in [5.74, 6) is 2.28. The molecule has 0 aliphatic carbocycles. The van der Waals surface area contributed by atoms with E-state index in [-0.39, 0.29) is 24.0 Å². The largest absolute Gasteiger partial charge is 0.368 e. The molecule has 0 amide bonds. The van der Waals surface area contributed by atoms with Crippen LogP contribution in [0.3, 0.4) is 0 Å². The van der Waals surface area contributed by atoms with Crippen molar-refractivity contribution >= 4 is 35.6 Å². The molecule has 154 valence electrons. The maximum Gasteiger partial charge on any atom is 0.228 e. The molecule has 1 N–H and O–H groups in total. The van der Waals surface area contributed by atoms with Gasteiger partial charge in [0.05, 0.1) is 6.54 Å². The summed E-state index contributed by atoms with van der Waals surface area (Å²) in [5, 5.41) is 7.23. The highest BCUT2D eigenvalue weighted by Gasteiger charge is 2.21. The molecule has 0 radical (unpaired) electrons. The number of anilines is 1. The van der Waals surface area contributed by atoms with E-state index in [4.69, 9.17) is 9.52 Å². The Labute approximate surface area is 184 Å². The zero-order valence-electron chi connectivity index (χ0n) is 17.2. The number of halogens is 1. The Hall–Kier alpha value is -1.84. The third-order valence-electron chi connectivity index (χ3n) is 4.99. The molecular weight excluding hydrogens is 467 g/mol. The maximum absolute atomic E-state index is 5.16. The number of piperazine rings is 1. The number of aromatic nitrogens is 2. The number of hydrogen-bond donors (Lipinski definition) is 1. The highest BCUT2D eigenvalue weighted by Crippen LogP contribution is 2.23. The second-order valence-corrected chi connectivity index (χ2v) is 6.91. The van der Waals surface area contributed by atoms with Gasteiger partial charge in [-0.05, 0) is 44.9 Å². The van der Waals surface area contributed by atoms with E-state index in [0.717, 1.165) is 38.7 Å². The Kier molecular flexibility index (Phi) is 8.53. The first-order valence-electron chi connectivity index (χ1n) is 9.72. The second-order valence-electron chi connectivity index (χ2n) is 6.91. The van der Waals surface area contributed by atoms with Gasteiger partial charge in [-0.1, -0.05) is 17.3 Å². The number of nitrogens with one attached hydrogen (secondary N) is 1. The summed E-state index contributed by atoms with van der Waals surface area (Å²) in [6, 6.07) is 6.55. The van der Waals surface area contributed by atoms with Crippen molar-refractivity contribution in [3.05, 3.63) is 41.0 Å². The SMILES string of the molecule is CCNC(=NCCc1nc(C)no1)N1CCN(c2cccc(C)c2C)CC1.I. The van der Waals surface area contributed by atoms with E-state index in [0.29, 0.717) is 24.7 Å². The quantitative estimate of drug-likeness (QED) is 0.389. The number of hydrogen-bond acceptors (Lipinski definition) is 5. The van der Waals surface area contributed by atoms with Gasteiger partial charge in [0.1, 0.15) is 0 Å². The van der Waals surface area contributed by atoms with Gasteiger partial charge >= 0.3 is 0 Å². The summed E-state index contributed by atoms with van der Waals surface area (Å²) < 4.78 is 5.16. The molecule has 0 spiro atoms. The first-order valence-corrected chi connectivity index (χ1v) is 9.72. The maximum atomic E-state index is 5.16. The molecule has 1 saturated heterocycles. The summed E-state index contributed by atoms with van der Waals surface area (Å²) in [5.41, 5.74) is 4.07. The van der Waals surface area contributed by atoms with Crippen LogP contribution in [0.4, 0.5) is 5.69 Å². The van der Waals surface area contributed by atoms with E-state index in [9.17, 15) is 0 Å². The normalized spacial score (nSPS) is 14.8. The van der Waals surface area contributed by atoms with Crippen LogP contribution < -0.4 is 10.2 Å². The number of rotatable bonds is 5. The Morgan fingerprint density at radius 3 is 2.57 bits per heavy atom. The average molecular weight is 498 g/mol. The molecule has 1 aliphatic rings. The molecule has 1 aromatic carbocycles. The zero-order chi connectivity index (χ0) is 19.2. The fourth-order valence-corrected chi connectivity index (χ4v) is 3.36. The predicted molar refractivity (Wildman–Crippen MR) is 124 cm³/mol. The van der Waals surface area contributed by atoms with Gasteiger partial charge in [0, 0.05) is 44.8 Å². The van der Waals surface area contributed by atoms with Crippen molar-refractivity contribution in [3.63, 3.8) is 0 Å². The van der Waals surface area contributed by atoms with Crippen LogP contribution in [0, 0.1) is 20.8 Å². The van der Waals surface area contributed by atoms with E-state index >= 15 is 0 Å². The topological polar surface area (TPSA) is 69.8 Å². The van der Waals surface area contributed by atoms with Crippen molar-refractivity contribution in [2.45, 2.75) is 34.1 Å². The number of benzene rings is 1. The van der Waals surface area contributed by atoms with E-state index in [1.165, 1.54) is 16.8 Å². The van der Waals surface area contributed by atoms with Gasteiger partial charge in [-0.2, -0.15) is 4.98 Å². The lowest BCUT2D eigenvalue weighted by atomic mass is 10.1. The fraction of sp³-hybridized carbons (Fsp3) is 0.550. The molecule has 1 aromatic heterocycles. The van der Waals surface area contributed by atoms with Crippen LogP contribution in [0.1, 0.15) is 29.8 Å². The minimum Gasteiger partial charge on any atom is -0.368 e. The molecule has 3 rings (SSSR count). The molecule has 8 heteroatoms. The molecule has 0 unspecified atom stereocenters. The summed E-state index contributed by atoms with van der Waals surface area (Å²) in [6.07, 6.45) is 0.665. The van der Waals surface area contributed by atoms with Crippen LogP contribution in [0.15, 0.2) is 27.7 Å². The average Bonchev–Trinajstić information content (AvgIpc) is 3.09. The number of nitrogens with zero attached hydrogens (tertiary/aromatic N) is 5. The van der Waals surface area contributed by atoms with E-state index in [2.05, 4.69) is 64.2 Å². The van der Waals surface area contributed by atoms with Crippen LogP contribution in [0.5, 0.6) is 0 Å². The van der Waals surface area contributed by atoms with Crippen LogP contribution in [-0.4, -0.2) is 60.3 Å². The van der Waals surface area contributed by atoms with Gasteiger partial charge in [-0.25, -0.2) is 0 Å². The molecule has 2 aromatic rings. The molecule has 0 saturated carbocycles. The molecule has 0 atom stereocenters. The third kappa shape index (κ3) is 5.59. The van der Waals surface area contributed by atoms with Gasteiger partial charge in [0.25, 0.3) is 0 Å². The summed E-state index contributed by atoms with van der Waals surface area (Å²) >= 11 is 0. The van der Waals surface area contributed by atoms with Crippen LogP contribution in [-0.2, 0) is 6.42 Å². The zero-order valence-corrected chi connectivity index (χ0v) is 19.6. The first-order chi connectivity index (χ1) is 13.1. The highest BCUT2D eigenvalue weighted by atomic mass is 127. The standard InChI is InChI=1S/C20H30N6O.HI/c1-5-21-20(22-10-9-19-23-17(4)24-27-19)26-13-11-25(12-14-26)18-8-6-7-15(2)16(18)3;/h6-8H,5,9-14H2,1-4H3,(H,21,22);1H. The lowest BCUT2D eigenvalue weighted by Crippen LogP contribution is -2.52. The van der Waals surface area contributed by atoms with Gasteiger partial charge in [0.2, 0.25) is 5.89 Å². The molecule has 2 heterocycles. The summed E-state index contributed by atoms with van der Waals surface area (Å²) in [7, 11) is 0. The number of guanidine groups is 1. The van der Waals surface area contributed by atoms with Crippen molar-refractivity contribution in [3.8, 4) is 0 Å². The van der Waals surface area contributed by atoms with Crippen LogP contribution in [0.25, 0.3) is 0 Å².